The predicted octanol–water partition coefficient (Wildman–Crippen LogP) is 7.79. The number of pyridine rings is 1. The van der Waals surface area contributed by atoms with E-state index >= 15 is 0 Å². The normalized spacial score (nSPS) is 12.9. The van der Waals surface area contributed by atoms with Crippen LogP contribution in [-0.2, 0) is 22.5 Å². The molecule has 4 aromatic rings. The molecule has 296 valence electrons. The van der Waals surface area contributed by atoms with E-state index in [1.807, 2.05) is 20.1 Å². The summed E-state index contributed by atoms with van der Waals surface area (Å²) in [4.78, 5) is 30.2. The summed E-state index contributed by atoms with van der Waals surface area (Å²) in [6.45, 7) is 2.56. The molecule has 0 saturated carbocycles. The van der Waals surface area contributed by atoms with E-state index in [1.54, 1.807) is 12.1 Å². The van der Waals surface area contributed by atoms with Crippen molar-refractivity contribution in [3.8, 4) is 23.0 Å². The van der Waals surface area contributed by atoms with E-state index in [0.717, 1.165) is 41.2 Å². The molecule has 10 nitrogen and oxygen atoms in total. The van der Waals surface area contributed by atoms with E-state index in [9.17, 15) is 31.5 Å². The van der Waals surface area contributed by atoms with E-state index in [0.29, 0.717) is 30.1 Å². The first-order valence-corrected chi connectivity index (χ1v) is 19.8. The molecule has 2 aromatic carbocycles. The highest BCUT2D eigenvalue weighted by atomic mass is 35.5. The lowest BCUT2D eigenvalue weighted by molar-refractivity contribution is -0.141. The monoisotopic (exact) mass is 825 g/mol. The number of unbranched alkanes of at least 4 members (excludes halogenated alkanes) is 1. The Bertz CT molecular complexity index is 2040. The van der Waals surface area contributed by atoms with Crippen LogP contribution in [0.4, 0.5) is 32.6 Å². The fraction of sp³-hybridized carbons (Fsp3) is 0.405. The first kappa shape index (κ1) is 43.6. The minimum absolute atomic E-state index is 0.00871. The standard InChI is InChI=1S/C37H41ClF5N7O3S2/c1-36(2,54-3)13-12-26-8-9-27(32(47-26)30(46-21-51)17-22-15-23(39)18-24(40)16-22)28-10-11-29(38)31-33(28)49(20-37(41,42)43)48-34(31)50(55-4)35(52)53-19-25(45)7-5-6-14-44/h8-11,15-16,18,21,25,30H,5-7,14,17,19-20,44-45H2,1-4H3,(H,46,51). The summed E-state index contributed by atoms with van der Waals surface area (Å²) in [5, 5.41) is 6.87. The van der Waals surface area contributed by atoms with Crippen LogP contribution in [0.3, 0.4) is 0 Å². The molecule has 0 aliphatic heterocycles. The number of rotatable bonds is 16. The molecule has 2 unspecified atom stereocenters. The fourth-order valence-corrected chi connectivity index (χ4v) is 6.50. The van der Waals surface area contributed by atoms with Gasteiger partial charge >= 0.3 is 12.3 Å². The molecule has 0 spiro atoms. The van der Waals surface area contributed by atoms with Crippen molar-refractivity contribution < 1.29 is 36.3 Å². The number of nitrogens with two attached hydrogens (primary N) is 2. The van der Waals surface area contributed by atoms with Crippen LogP contribution in [0.1, 0.15) is 56.1 Å². The van der Waals surface area contributed by atoms with Gasteiger partial charge in [0.1, 0.15) is 30.5 Å². The lowest BCUT2D eigenvalue weighted by Gasteiger charge is -2.21. The SMILES string of the molecule is CSN(C(=O)OCC(N)CCCCN)c1nn(CC(F)(F)F)c2c(-c3ccc(C#CC(C)(C)SC)nc3C(Cc3cc(F)cc(F)c3)NC=O)ccc(Cl)c12. The average molecular weight is 826 g/mol. The van der Waals surface area contributed by atoms with E-state index in [2.05, 4.69) is 22.3 Å². The van der Waals surface area contributed by atoms with Crippen molar-refractivity contribution in [2.24, 2.45) is 11.5 Å². The second kappa shape index (κ2) is 19.2. The average Bonchev–Trinajstić information content (AvgIpc) is 3.48. The molecule has 2 amide bonds. The lowest BCUT2D eigenvalue weighted by atomic mass is 9.94. The number of amides is 2. The molecule has 2 atom stereocenters. The number of halogens is 6. The number of nitrogens with zero attached hydrogens (tertiary/aromatic N) is 4. The first-order chi connectivity index (χ1) is 26.0. The summed E-state index contributed by atoms with van der Waals surface area (Å²) in [6.07, 6.45) is -0.0910. The van der Waals surface area contributed by atoms with Crippen LogP contribution < -0.4 is 21.1 Å². The number of thioether (sulfide) groups is 1. The van der Waals surface area contributed by atoms with Crippen LogP contribution in [-0.4, -0.2) is 69.9 Å². The molecule has 0 aliphatic carbocycles. The molecule has 2 aromatic heterocycles. The Kier molecular flexibility index (Phi) is 15.2. The summed E-state index contributed by atoms with van der Waals surface area (Å²) in [6, 6.07) is 7.38. The zero-order valence-electron chi connectivity index (χ0n) is 30.5. The van der Waals surface area contributed by atoms with Crippen molar-refractivity contribution in [3.05, 3.63) is 76.1 Å². The molecular weight excluding hydrogens is 785 g/mol. The fourth-order valence-electron chi connectivity index (χ4n) is 5.61. The molecule has 2 heterocycles. The van der Waals surface area contributed by atoms with Gasteiger partial charge in [0.15, 0.2) is 5.82 Å². The van der Waals surface area contributed by atoms with Crippen LogP contribution in [0.5, 0.6) is 0 Å². The van der Waals surface area contributed by atoms with Crippen LogP contribution in [0, 0.1) is 23.5 Å². The van der Waals surface area contributed by atoms with Crippen LogP contribution in [0.25, 0.3) is 22.0 Å². The second-order valence-corrected chi connectivity index (χ2v) is 15.5. The van der Waals surface area contributed by atoms with Crippen LogP contribution in [0.2, 0.25) is 5.02 Å². The van der Waals surface area contributed by atoms with Crippen molar-refractivity contribution in [1.29, 1.82) is 0 Å². The molecular formula is C37H41ClF5N7O3S2. The van der Waals surface area contributed by atoms with Gasteiger partial charge in [-0.3, -0.25) is 9.48 Å². The quantitative estimate of drug-likeness (QED) is 0.0340. The van der Waals surface area contributed by atoms with E-state index in [-0.39, 0.29) is 62.8 Å². The molecule has 0 saturated heterocycles. The number of ether oxygens (including phenoxy) is 1. The molecule has 18 heteroatoms. The van der Waals surface area contributed by atoms with Crippen LogP contribution in [0.15, 0.2) is 42.5 Å². The maximum absolute atomic E-state index is 14.3. The molecule has 0 bridgehead atoms. The van der Waals surface area contributed by atoms with E-state index in [1.165, 1.54) is 30.2 Å². The molecule has 0 fully saturated rings. The van der Waals surface area contributed by atoms with Gasteiger partial charge in [-0.05, 0) is 99.7 Å². The summed E-state index contributed by atoms with van der Waals surface area (Å²) >= 11 is 9.04. The summed E-state index contributed by atoms with van der Waals surface area (Å²) in [5.41, 5.74) is 12.5. The number of hydrogen-bond donors (Lipinski definition) is 3. The van der Waals surface area contributed by atoms with Crippen molar-refractivity contribution >= 4 is 64.5 Å². The third-order valence-electron chi connectivity index (χ3n) is 8.32. The van der Waals surface area contributed by atoms with Crippen molar-refractivity contribution in [3.63, 3.8) is 0 Å². The van der Waals surface area contributed by atoms with Crippen molar-refractivity contribution in [1.82, 2.24) is 20.1 Å². The number of nitrogens with one attached hydrogen (secondary N) is 1. The summed E-state index contributed by atoms with van der Waals surface area (Å²) in [5.74, 6) is 4.22. The molecule has 4 rings (SSSR count). The molecule has 0 aliphatic rings. The lowest BCUT2D eigenvalue weighted by Crippen LogP contribution is -2.32. The van der Waals surface area contributed by atoms with Gasteiger partial charge in [0.05, 0.1) is 32.4 Å². The highest BCUT2D eigenvalue weighted by molar-refractivity contribution is 8.00. The number of hydrogen-bond acceptors (Lipinski definition) is 9. The second-order valence-electron chi connectivity index (χ2n) is 12.9. The Hall–Kier alpha value is -4.08. The minimum Gasteiger partial charge on any atom is -0.447 e. The Morgan fingerprint density at radius 2 is 1.80 bits per heavy atom. The molecule has 5 N–H and O–H groups in total. The smallest absolute Gasteiger partial charge is 0.426 e. The van der Waals surface area contributed by atoms with Gasteiger partial charge in [-0.2, -0.15) is 22.6 Å². The minimum atomic E-state index is -4.77. The maximum atomic E-state index is 14.3. The largest absolute Gasteiger partial charge is 0.447 e. The number of anilines is 1. The highest BCUT2D eigenvalue weighted by Crippen LogP contribution is 2.43. The van der Waals surface area contributed by atoms with E-state index in [4.69, 9.17) is 32.8 Å². The van der Waals surface area contributed by atoms with Gasteiger partial charge in [0, 0.05) is 29.5 Å². The Labute approximate surface area is 329 Å². The third-order valence-corrected chi connectivity index (χ3v) is 10.4. The number of benzene rings is 2. The Balaban J connectivity index is 1.96. The zero-order valence-corrected chi connectivity index (χ0v) is 32.9. The van der Waals surface area contributed by atoms with Gasteiger partial charge in [-0.15, -0.1) is 11.8 Å². The number of fused-ring (bicyclic) bond motifs is 1. The maximum Gasteiger partial charge on any atom is 0.426 e. The highest BCUT2D eigenvalue weighted by Gasteiger charge is 2.34. The number of aromatic nitrogens is 3. The zero-order chi connectivity index (χ0) is 40.5. The van der Waals surface area contributed by atoms with Crippen molar-refractivity contribution in [2.75, 3.05) is 30.0 Å². The number of carbonyl (C=O) groups is 2. The van der Waals surface area contributed by atoms with Gasteiger partial charge in [0.25, 0.3) is 0 Å². The van der Waals surface area contributed by atoms with Gasteiger partial charge in [-0.1, -0.05) is 30.0 Å². The van der Waals surface area contributed by atoms with Gasteiger partial charge in [0.2, 0.25) is 6.41 Å². The first-order valence-electron chi connectivity index (χ1n) is 17.0. The Morgan fingerprint density at radius 1 is 1.11 bits per heavy atom. The Morgan fingerprint density at radius 3 is 2.42 bits per heavy atom. The summed E-state index contributed by atoms with van der Waals surface area (Å²) < 4.78 is 77.8. The number of carbonyl (C=O) groups excluding carboxylic acids is 2. The summed E-state index contributed by atoms with van der Waals surface area (Å²) in [7, 11) is 0. The predicted molar refractivity (Wildman–Crippen MR) is 209 cm³/mol. The molecule has 0 radical (unpaired) electrons. The number of alkyl halides is 3. The van der Waals surface area contributed by atoms with Gasteiger partial charge < -0.3 is 21.5 Å². The third kappa shape index (κ3) is 11.7. The van der Waals surface area contributed by atoms with Gasteiger partial charge in [-0.25, -0.2) is 18.6 Å². The topological polar surface area (TPSA) is 141 Å². The molecule has 55 heavy (non-hydrogen) atoms. The van der Waals surface area contributed by atoms with Crippen molar-refractivity contribution in [2.45, 2.75) is 69.1 Å². The van der Waals surface area contributed by atoms with Crippen LogP contribution >= 0.6 is 35.3 Å². The van der Waals surface area contributed by atoms with E-state index < -0.39 is 47.3 Å².